The van der Waals surface area contributed by atoms with Crippen LogP contribution in [0.2, 0.25) is 5.15 Å². The number of aromatic nitrogens is 5. The number of carbonyl (C=O) groups excluding carboxylic acids is 1. The van der Waals surface area contributed by atoms with Crippen LogP contribution >= 0.6 is 11.6 Å². The van der Waals surface area contributed by atoms with Gasteiger partial charge in [0.05, 0.1) is 23.4 Å². The average Bonchev–Trinajstić information content (AvgIpc) is 3.36. The highest BCUT2D eigenvalue weighted by Gasteiger charge is 2.30. The molecule has 1 amide bonds. The third-order valence-electron chi connectivity index (χ3n) is 6.43. The highest BCUT2D eigenvalue weighted by molar-refractivity contribution is 6.29. The van der Waals surface area contributed by atoms with Crippen LogP contribution < -0.4 is 0 Å². The number of hydrogen-bond acceptors (Lipinski definition) is 7. The van der Waals surface area contributed by atoms with Crippen molar-refractivity contribution in [2.24, 2.45) is 0 Å². The largest absolute Gasteiger partial charge is 0.414 e. The van der Waals surface area contributed by atoms with E-state index in [1.165, 1.54) is 6.07 Å². The van der Waals surface area contributed by atoms with Crippen molar-refractivity contribution in [2.45, 2.75) is 39.0 Å². The lowest BCUT2D eigenvalue weighted by Gasteiger charge is -2.32. The van der Waals surface area contributed by atoms with Crippen molar-refractivity contribution >= 4 is 17.5 Å². The van der Waals surface area contributed by atoms with Crippen LogP contribution in [-0.2, 0) is 11.2 Å². The predicted octanol–water partition coefficient (Wildman–Crippen LogP) is 5.09. The van der Waals surface area contributed by atoms with E-state index in [-0.39, 0.29) is 35.6 Å². The predicted molar refractivity (Wildman–Crippen MR) is 132 cm³/mol. The van der Waals surface area contributed by atoms with Crippen LogP contribution in [-0.4, -0.2) is 49.0 Å². The molecule has 3 aromatic heterocycles. The first-order valence-electron chi connectivity index (χ1n) is 11.8. The van der Waals surface area contributed by atoms with E-state index in [9.17, 15) is 13.6 Å². The van der Waals surface area contributed by atoms with Crippen molar-refractivity contribution in [1.29, 1.82) is 0 Å². The van der Waals surface area contributed by atoms with Gasteiger partial charge < -0.3 is 9.32 Å². The number of benzene rings is 1. The van der Waals surface area contributed by atoms with Gasteiger partial charge in [-0.15, -0.1) is 10.2 Å². The number of halogens is 3. The molecule has 4 heterocycles. The summed E-state index contributed by atoms with van der Waals surface area (Å²) in [6.07, 6.45) is 0.916. The van der Waals surface area contributed by atoms with Crippen molar-refractivity contribution < 1.29 is 18.0 Å². The summed E-state index contributed by atoms with van der Waals surface area (Å²) in [6.45, 7) is 4.54. The topological polar surface area (TPSA) is 97.9 Å². The number of carbonyl (C=O) groups is 1. The van der Waals surface area contributed by atoms with Gasteiger partial charge in [-0.25, -0.2) is 23.7 Å². The Morgan fingerprint density at radius 3 is 2.38 bits per heavy atom. The van der Waals surface area contributed by atoms with Crippen molar-refractivity contribution in [3.63, 3.8) is 0 Å². The van der Waals surface area contributed by atoms with Gasteiger partial charge >= 0.3 is 0 Å². The van der Waals surface area contributed by atoms with E-state index in [4.69, 9.17) is 21.0 Å². The molecule has 0 atom stereocenters. The second-order valence-corrected chi connectivity index (χ2v) is 9.29. The SMILES string of the molecule is Cc1nc(C)c(-c2nnc(-c3cccc(Cl)n3)o2)c(C2CCN(C(=O)Cc3c(F)cccc3F)CC2)n1. The van der Waals surface area contributed by atoms with Gasteiger partial charge in [-0.05, 0) is 51.0 Å². The first-order valence-corrected chi connectivity index (χ1v) is 12.2. The van der Waals surface area contributed by atoms with Gasteiger partial charge in [-0.2, -0.15) is 0 Å². The zero-order valence-corrected chi connectivity index (χ0v) is 21.0. The molecular weight excluding hydrogens is 502 g/mol. The van der Waals surface area contributed by atoms with Gasteiger partial charge in [-0.3, -0.25) is 4.79 Å². The van der Waals surface area contributed by atoms with Crippen molar-refractivity contribution in [3.05, 3.63) is 76.0 Å². The minimum Gasteiger partial charge on any atom is -0.414 e. The van der Waals surface area contributed by atoms with Crippen LogP contribution in [0.3, 0.4) is 0 Å². The van der Waals surface area contributed by atoms with Crippen LogP contribution in [0, 0.1) is 25.5 Å². The second-order valence-electron chi connectivity index (χ2n) is 8.91. The highest BCUT2D eigenvalue weighted by Crippen LogP contribution is 2.36. The molecule has 1 aromatic carbocycles. The average molecular weight is 525 g/mol. The standard InChI is InChI=1S/C26H23ClF2N6O2/c1-14-23(26-34-33-25(37-26)20-7-4-8-21(27)32-20)24(31-15(2)30-14)16-9-11-35(12-10-16)22(36)13-17-18(28)5-3-6-19(17)29/h3-8,16H,9-13H2,1-2H3. The zero-order valence-electron chi connectivity index (χ0n) is 20.2. The van der Waals surface area contributed by atoms with Crippen LogP contribution in [0.1, 0.15) is 41.5 Å². The monoisotopic (exact) mass is 524 g/mol. The van der Waals surface area contributed by atoms with Crippen molar-refractivity contribution in [2.75, 3.05) is 13.1 Å². The summed E-state index contributed by atoms with van der Waals surface area (Å²) >= 11 is 6.00. The molecule has 1 fully saturated rings. The maximum Gasteiger partial charge on any atom is 0.266 e. The summed E-state index contributed by atoms with van der Waals surface area (Å²) in [5.41, 5.74) is 2.37. The summed E-state index contributed by atoms with van der Waals surface area (Å²) in [4.78, 5) is 27.9. The molecule has 5 rings (SSSR count). The van der Waals surface area contributed by atoms with E-state index in [2.05, 4.69) is 20.2 Å². The van der Waals surface area contributed by atoms with Gasteiger partial charge in [0.2, 0.25) is 5.91 Å². The first-order chi connectivity index (χ1) is 17.8. The molecule has 0 bridgehead atoms. The van der Waals surface area contributed by atoms with Crippen LogP contribution in [0.4, 0.5) is 8.78 Å². The number of aryl methyl sites for hydroxylation is 2. The zero-order chi connectivity index (χ0) is 26.1. The van der Waals surface area contributed by atoms with Crippen LogP contribution in [0.15, 0.2) is 40.8 Å². The van der Waals surface area contributed by atoms with E-state index >= 15 is 0 Å². The third kappa shape index (κ3) is 5.20. The van der Waals surface area contributed by atoms with Gasteiger partial charge in [-0.1, -0.05) is 23.7 Å². The number of rotatable bonds is 5. The summed E-state index contributed by atoms with van der Waals surface area (Å²) in [6, 6.07) is 8.72. The number of pyridine rings is 1. The van der Waals surface area contributed by atoms with Crippen LogP contribution in [0.25, 0.3) is 23.0 Å². The molecule has 4 aromatic rings. The summed E-state index contributed by atoms with van der Waals surface area (Å²) in [5.74, 6) is -0.626. The lowest BCUT2D eigenvalue weighted by Crippen LogP contribution is -2.39. The maximum atomic E-state index is 14.0. The second kappa shape index (κ2) is 10.3. The number of likely N-dealkylation sites (tertiary alicyclic amines) is 1. The molecule has 0 radical (unpaired) electrons. The molecule has 0 aliphatic carbocycles. The minimum atomic E-state index is -0.716. The number of piperidine rings is 1. The molecular formula is C26H23ClF2N6O2. The number of hydrogen-bond donors (Lipinski definition) is 0. The molecule has 37 heavy (non-hydrogen) atoms. The highest BCUT2D eigenvalue weighted by atomic mass is 35.5. The minimum absolute atomic E-state index is 0.00397. The Morgan fingerprint density at radius 2 is 1.68 bits per heavy atom. The lowest BCUT2D eigenvalue weighted by atomic mass is 9.89. The van der Waals surface area contributed by atoms with Crippen molar-refractivity contribution in [3.8, 4) is 23.0 Å². The molecule has 1 saturated heterocycles. The molecule has 0 N–H and O–H groups in total. The molecule has 1 aliphatic heterocycles. The molecule has 190 valence electrons. The summed E-state index contributed by atoms with van der Waals surface area (Å²) in [5, 5.41) is 8.68. The Morgan fingerprint density at radius 1 is 1.00 bits per heavy atom. The third-order valence-corrected chi connectivity index (χ3v) is 6.64. The van der Waals surface area contributed by atoms with Crippen LogP contribution in [0.5, 0.6) is 0 Å². The molecule has 0 spiro atoms. The molecule has 0 saturated carbocycles. The smallest absolute Gasteiger partial charge is 0.266 e. The van der Waals surface area contributed by atoms with E-state index in [0.29, 0.717) is 53.9 Å². The summed E-state index contributed by atoms with van der Waals surface area (Å²) in [7, 11) is 0. The fraction of sp³-hybridized carbons (Fsp3) is 0.308. The van der Waals surface area contributed by atoms with E-state index in [1.807, 2.05) is 13.8 Å². The Hall–Kier alpha value is -3.79. The van der Waals surface area contributed by atoms with Crippen molar-refractivity contribution in [1.82, 2.24) is 30.0 Å². The molecule has 8 nitrogen and oxygen atoms in total. The molecule has 0 unspecified atom stereocenters. The fourth-order valence-electron chi connectivity index (χ4n) is 4.62. The molecule has 11 heteroatoms. The fourth-order valence-corrected chi connectivity index (χ4v) is 4.78. The van der Waals surface area contributed by atoms with E-state index < -0.39 is 11.6 Å². The number of amides is 1. The quantitative estimate of drug-likeness (QED) is 0.335. The lowest BCUT2D eigenvalue weighted by molar-refractivity contribution is -0.131. The Kier molecular flexibility index (Phi) is 6.92. The van der Waals surface area contributed by atoms with E-state index in [1.54, 1.807) is 23.1 Å². The summed E-state index contributed by atoms with van der Waals surface area (Å²) < 4.78 is 34.0. The van der Waals surface area contributed by atoms with E-state index in [0.717, 1.165) is 17.8 Å². The Labute approximate surface area is 216 Å². The van der Waals surface area contributed by atoms with Gasteiger partial charge in [0.25, 0.3) is 11.8 Å². The van der Waals surface area contributed by atoms with Gasteiger partial charge in [0, 0.05) is 24.6 Å². The Bertz CT molecular complexity index is 1450. The first kappa shape index (κ1) is 24.9. The Balaban J connectivity index is 1.36. The normalized spacial score (nSPS) is 14.2. The molecule has 1 aliphatic rings. The van der Waals surface area contributed by atoms with Gasteiger partial charge in [0.15, 0.2) is 0 Å². The number of nitrogens with zero attached hydrogens (tertiary/aromatic N) is 6. The maximum absolute atomic E-state index is 14.0. The van der Waals surface area contributed by atoms with Gasteiger partial charge in [0.1, 0.15) is 28.3 Å².